The standard InChI is InChI=1S/C10H9BrN4OS/c1-17(16)10-13-5-6-4-7(11)9-12-2-3-15(9)8(6)14-10/h4-5H,2-3H2,1H3. The zero-order chi connectivity index (χ0) is 12.0. The first-order valence-electron chi connectivity index (χ1n) is 5.07. The number of hydrogen-bond donors (Lipinski definition) is 0. The van der Waals surface area contributed by atoms with Gasteiger partial charge >= 0.3 is 5.16 Å². The second-order valence-electron chi connectivity index (χ2n) is 3.73. The third-order valence-corrected chi connectivity index (χ3v) is 3.92. The number of nitrogens with zero attached hydrogens (tertiary/aromatic N) is 4. The van der Waals surface area contributed by atoms with Crippen LogP contribution in [0.5, 0.6) is 0 Å². The normalized spacial score (nSPS) is 19.4. The highest BCUT2D eigenvalue weighted by molar-refractivity contribution is 9.12. The molecule has 2 aliphatic heterocycles. The van der Waals surface area contributed by atoms with Gasteiger partial charge in [-0.05, 0) is 22.0 Å². The third kappa shape index (κ3) is 1.78. The largest absolute Gasteiger partial charge is 0.609 e. The van der Waals surface area contributed by atoms with Crippen LogP contribution < -0.4 is 4.90 Å². The number of fused-ring (bicyclic) bond motifs is 3. The molecule has 0 radical (unpaired) electrons. The fourth-order valence-electron chi connectivity index (χ4n) is 1.88. The molecule has 0 bridgehead atoms. The maximum absolute atomic E-state index is 11.4. The Morgan fingerprint density at radius 2 is 2.35 bits per heavy atom. The van der Waals surface area contributed by atoms with Crippen molar-refractivity contribution in [2.75, 3.05) is 24.2 Å². The van der Waals surface area contributed by atoms with Crippen LogP contribution in [0.3, 0.4) is 0 Å². The predicted molar refractivity (Wildman–Crippen MR) is 70.9 cm³/mol. The van der Waals surface area contributed by atoms with Gasteiger partial charge < -0.3 is 9.45 Å². The zero-order valence-electron chi connectivity index (χ0n) is 9.05. The highest BCUT2D eigenvalue weighted by Gasteiger charge is 2.29. The number of aromatic nitrogens is 2. The Morgan fingerprint density at radius 1 is 1.53 bits per heavy atom. The molecule has 2 aliphatic rings. The quantitative estimate of drug-likeness (QED) is 0.577. The first-order valence-corrected chi connectivity index (χ1v) is 7.42. The van der Waals surface area contributed by atoms with Gasteiger partial charge in [-0.15, -0.1) is 0 Å². The van der Waals surface area contributed by atoms with E-state index in [2.05, 4.69) is 30.9 Å². The molecule has 1 unspecified atom stereocenters. The first kappa shape index (κ1) is 11.2. The lowest BCUT2D eigenvalue weighted by Crippen LogP contribution is -2.32. The fraction of sp³-hybridized carbons (Fsp3) is 0.300. The summed E-state index contributed by atoms with van der Waals surface area (Å²) >= 11 is 2.32. The van der Waals surface area contributed by atoms with Gasteiger partial charge in [0.1, 0.15) is 17.9 Å². The summed E-state index contributed by atoms with van der Waals surface area (Å²) in [5, 5.41) is 0.362. The van der Waals surface area contributed by atoms with Crippen molar-refractivity contribution in [2.24, 2.45) is 4.99 Å². The summed E-state index contributed by atoms with van der Waals surface area (Å²) in [5.41, 5.74) is 0.923. The van der Waals surface area contributed by atoms with E-state index >= 15 is 0 Å². The molecule has 0 spiro atoms. The van der Waals surface area contributed by atoms with Crippen molar-refractivity contribution in [3.63, 3.8) is 0 Å². The lowest BCUT2D eigenvalue weighted by atomic mass is 10.2. The van der Waals surface area contributed by atoms with Crippen LogP contribution >= 0.6 is 15.9 Å². The lowest BCUT2D eigenvalue weighted by Gasteiger charge is -2.24. The summed E-state index contributed by atoms with van der Waals surface area (Å²) < 4.78 is 12.3. The molecule has 3 heterocycles. The van der Waals surface area contributed by atoms with Crippen molar-refractivity contribution in [1.82, 2.24) is 9.97 Å². The molecule has 0 aliphatic carbocycles. The van der Waals surface area contributed by atoms with Gasteiger partial charge in [-0.1, -0.05) is 0 Å². The maximum Gasteiger partial charge on any atom is 0.344 e. The van der Waals surface area contributed by atoms with E-state index in [1.54, 1.807) is 12.5 Å². The topological polar surface area (TPSA) is 64.4 Å². The minimum Gasteiger partial charge on any atom is -0.609 e. The predicted octanol–water partition coefficient (Wildman–Crippen LogP) is 1.18. The molecule has 5 nitrogen and oxygen atoms in total. The van der Waals surface area contributed by atoms with E-state index in [9.17, 15) is 4.55 Å². The third-order valence-electron chi connectivity index (χ3n) is 2.62. The molecule has 0 saturated carbocycles. The number of hydrogen-bond acceptors (Lipinski definition) is 5. The van der Waals surface area contributed by atoms with Crippen molar-refractivity contribution < 1.29 is 4.55 Å². The van der Waals surface area contributed by atoms with Crippen LogP contribution in [0.4, 0.5) is 5.82 Å². The molecular formula is C10H9BrN4OS. The molecule has 1 aromatic heterocycles. The Bertz CT molecular complexity index is 543. The smallest absolute Gasteiger partial charge is 0.344 e. The Morgan fingerprint density at radius 3 is 3.12 bits per heavy atom. The summed E-state index contributed by atoms with van der Waals surface area (Å²) in [6.07, 6.45) is 5.23. The number of rotatable bonds is 1. The molecule has 1 aromatic rings. The second kappa shape index (κ2) is 4.08. The highest BCUT2D eigenvalue weighted by atomic mass is 79.9. The van der Waals surface area contributed by atoms with Crippen molar-refractivity contribution in [3.05, 3.63) is 16.2 Å². The fourth-order valence-corrected chi connectivity index (χ4v) is 2.88. The molecule has 7 heteroatoms. The van der Waals surface area contributed by atoms with E-state index in [1.807, 2.05) is 11.0 Å². The van der Waals surface area contributed by atoms with E-state index in [1.165, 1.54) is 0 Å². The van der Waals surface area contributed by atoms with Crippen LogP contribution in [0, 0.1) is 0 Å². The SMILES string of the molecule is C[S+]([O-])c1ncc2c(n1)N1CCN=C1C(Br)=C2. The van der Waals surface area contributed by atoms with Crippen LogP contribution in [0.25, 0.3) is 6.08 Å². The number of aliphatic imine (C=N–C) groups is 1. The van der Waals surface area contributed by atoms with Gasteiger partial charge in [0.15, 0.2) is 0 Å². The second-order valence-corrected chi connectivity index (χ2v) is 5.86. The zero-order valence-corrected chi connectivity index (χ0v) is 11.5. The minimum atomic E-state index is -1.16. The van der Waals surface area contributed by atoms with Gasteiger partial charge in [0.25, 0.3) is 0 Å². The Labute approximate surface area is 110 Å². The molecule has 0 fully saturated rings. The first-order chi connectivity index (χ1) is 8.16. The molecule has 0 saturated heterocycles. The van der Waals surface area contributed by atoms with Gasteiger partial charge in [-0.25, -0.2) is 0 Å². The molecule has 1 atom stereocenters. The Kier molecular flexibility index (Phi) is 2.68. The van der Waals surface area contributed by atoms with Crippen LogP contribution in [-0.4, -0.2) is 39.7 Å². The summed E-state index contributed by atoms with van der Waals surface area (Å²) in [7, 11) is 0. The van der Waals surface area contributed by atoms with Crippen molar-refractivity contribution in [3.8, 4) is 0 Å². The summed E-state index contributed by atoms with van der Waals surface area (Å²) in [6, 6.07) is 0. The lowest BCUT2D eigenvalue weighted by molar-refractivity contribution is 0.592. The van der Waals surface area contributed by atoms with Gasteiger partial charge in [0.05, 0.1) is 11.0 Å². The molecule has 0 aromatic carbocycles. The molecule has 17 heavy (non-hydrogen) atoms. The van der Waals surface area contributed by atoms with Gasteiger partial charge in [0, 0.05) is 29.5 Å². The molecular weight excluding hydrogens is 304 g/mol. The van der Waals surface area contributed by atoms with E-state index in [-0.39, 0.29) is 0 Å². The van der Waals surface area contributed by atoms with Gasteiger partial charge in [-0.2, -0.15) is 9.97 Å². The number of amidine groups is 1. The van der Waals surface area contributed by atoms with Gasteiger partial charge in [-0.3, -0.25) is 4.99 Å². The van der Waals surface area contributed by atoms with Crippen molar-refractivity contribution in [2.45, 2.75) is 5.16 Å². The maximum atomic E-state index is 11.4. The van der Waals surface area contributed by atoms with Crippen LogP contribution in [0.1, 0.15) is 5.56 Å². The highest BCUT2D eigenvalue weighted by Crippen LogP contribution is 2.32. The summed E-state index contributed by atoms with van der Waals surface area (Å²) in [4.78, 5) is 14.9. The van der Waals surface area contributed by atoms with Crippen molar-refractivity contribution in [1.29, 1.82) is 0 Å². The van der Waals surface area contributed by atoms with Crippen molar-refractivity contribution >= 4 is 44.8 Å². The molecule has 3 rings (SSSR count). The average molecular weight is 313 g/mol. The van der Waals surface area contributed by atoms with Crippen LogP contribution in [0.15, 0.2) is 20.8 Å². The average Bonchev–Trinajstić information content (AvgIpc) is 2.78. The van der Waals surface area contributed by atoms with Gasteiger partial charge in [0.2, 0.25) is 0 Å². The monoisotopic (exact) mass is 312 g/mol. The molecule has 0 amide bonds. The van der Waals surface area contributed by atoms with E-state index in [0.717, 1.165) is 34.8 Å². The van der Waals surface area contributed by atoms with E-state index in [4.69, 9.17) is 0 Å². The minimum absolute atomic E-state index is 0.362. The summed E-state index contributed by atoms with van der Waals surface area (Å²) in [5.74, 6) is 1.69. The van der Waals surface area contributed by atoms with E-state index in [0.29, 0.717) is 5.16 Å². The Balaban J connectivity index is 2.15. The summed E-state index contributed by atoms with van der Waals surface area (Å²) in [6.45, 7) is 1.56. The molecule has 88 valence electrons. The van der Waals surface area contributed by atoms with Crippen LogP contribution in [0.2, 0.25) is 0 Å². The number of halogens is 1. The number of anilines is 1. The van der Waals surface area contributed by atoms with E-state index < -0.39 is 11.2 Å². The Hall–Kier alpha value is -0.920. The van der Waals surface area contributed by atoms with Crippen LogP contribution in [-0.2, 0) is 11.2 Å². The molecule has 0 N–H and O–H groups in total.